The van der Waals surface area contributed by atoms with E-state index in [0.717, 1.165) is 24.3 Å². The van der Waals surface area contributed by atoms with E-state index in [2.05, 4.69) is 17.0 Å². The number of ether oxygens (including phenoxy) is 1. The number of nitrogens with zero attached hydrogens (tertiary/aromatic N) is 2. The maximum absolute atomic E-state index is 12.4. The second-order valence-corrected chi connectivity index (χ2v) is 6.47. The van der Waals surface area contributed by atoms with Crippen LogP contribution >= 0.6 is 0 Å². The van der Waals surface area contributed by atoms with Gasteiger partial charge in [-0.25, -0.2) is 4.79 Å². The fourth-order valence-electron chi connectivity index (χ4n) is 2.99. The Hall–Kier alpha value is -3.06. The molecule has 0 unspecified atom stereocenters. The molecule has 0 saturated carbocycles. The van der Waals surface area contributed by atoms with E-state index in [1.165, 1.54) is 0 Å². The minimum atomic E-state index is -1.04. The Morgan fingerprint density at radius 2 is 1.63 bits per heavy atom. The summed E-state index contributed by atoms with van der Waals surface area (Å²) in [6.07, 6.45) is -0.150. The molecule has 27 heavy (non-hydrogen) atoms. The van der Waals surface area contributed by atoms with Crippen LogP contribution in [0.2, 0.25) is 0 Å². The van der Waals surface area contributed by atoms with Crippen LogP contribution in [0.4, 0.5) is 10.5 Å². The van der Waals surface area contributed by atoms with Crippen molar-refractivity contribution in [1.29, 1.82) is 0 Å². The average molecular weight is 369 g/mol. The fourth-order valence-corrected chi connectivity index (χ4v) is 2.99. The summed E-state index contributed by atoms with van der Waals surface area (Å²) in [5.74, 6) is -0.613. The molecule has 1 saturated heterocycles. The third kappa shape index (κ3) is 4.98. The number of piperazine rings is 1. The number of nitrogens with two attached hydrogens (primary N) is 1. The maximum Gasteiger partial charge on any atom is 0.415 e. The second kappa shape index (κ2) is 8.55. The van der Waals surface area contributed by atoms with E-state index in [0.29, 0.717) is 18.8 Å². The zero-order valence-corrected chi connectivity index (χ0v) is 15.0. The predicted octanol–water partition coefficient (Wildman–Crippen LogP) is 1.96. The van der Waals surface area contributed by atoms with Crippen molar-refractivity contribution in [3.8, 4) is 5.75 Å². The van der Waals surface area contributed by atoms with Crippen LogP contribution in [0.25, 0.3) is 0 Å². The highest BCUT2D eigenvalue weighted by Gasteiger charge is 2.22. The van der Waals surface area contributed by atoms with Gasteiger partial charge in [-0.1, -0.05) is 30.3 Å². The monoisotopic (exact) mass is 369 g/mol. The number of para-hydroxylation sites is 1. The fraction of sp³-hybridized carbons (Fsp3) is 0.300. The number of hydrogen-bond donors (Lipinski definition) is 2. The number of rotatable bonds is 5. The minimum Gasteiger partial charge on any atom is -0.480 e. The van der Waals surface area contributed by atoms with Gasteiger partial charge in [-0.05, 0) is 36.2 Å². The van der Waals surface area contributed by atoms with Crippen LogP contribution < -0.4 is 15.4 Å². The van der Waals surface area contributed by atoms with E-state index in [1.54, 1.807) is 29.2 Å². The second-order valence-electron chi connectivity index (χ2n) is 6.47. The molecule has 1 amide bonds. The Kier molecular flexibility index (Phi) is 5.93. The average Bonchev–Trinajstić information content (AvgIpc) is 2.70. The van der Waals surface area contributed by atoms with Crippen molar-refractivity contribution in [2.75, 3.05) is 31.1 Å². The smallest absolute Gasteiger partial charge is 0.415 e. The molecule has 1 fully saturated rings. The van der Waals surface area contributed by atoms with E-state index in [1.807, 2.05) is 18.2 Å². The van der Waals surface area contributed by atoms with E-state index in [4.69, 9.17) is 15.6 Å². The summed E-state index contributed by atoms with van der Waals surface area (Å²) in [6.45, 7) is 2.70. The molecule has 2 aromatic rings. The van der Waals surface area contributed by atoms with Crippen LogP contribution in [0.3, 0.4) is 0 Å². The standard InChI is InChI=1S/C20H23N3O4/c21-18(19(24)25)14-15-6-8-17(9-7-15)27-20(26)23-12-10-22(11-13-23)16-4-2-1-3-5-16/h1-9,18H,10-14,21H2,(H,24,25)/t18-/m0/s1. The van der Waals surface area contributed by atoms with Gasteiger partial charge >= 0.3 is 12.1 Å². The first-order valence-electron chi connectivity index (χ1n) is 8.87. The van der Waals surface area contributed by atoms with Gasteiger partial charge in [-0.3, -0.25) is 4.79 Å². The maximum atomic E-state index is 12.4. The molecule has 1 aliphatic rings. The molecular formula is C20H23N3O4. The summed E-state index contributed by atoms with van der Waals surface area (Å²) in [4.78, 5) is 27.1. The van der Waals surface area contributed by atoms with Gasteiger partial charge in [0.25, 0.3) is 0 Å². The molecule has 1 atom stereocenters. The van der Waals surface area contributed by atoms with Crippen molar-refractivity contribution >= 4 is 17.7 Å². The normalized spacial score (nSPS) is 15.3. The molecule has 0 aromatic heterocycles. The zero-order valence-electron chi connectivity index (χ0n) is 15.0. The topological polar surface area (TPSA) is 96.1 Å². The number of carboxylic acid groups (broad SMARTS) is 1. The Morgan fingerprint density at radius 1 is 1.00 bits per heavy atom. The number of carboxylic acids is 1. The molecule has 0 bridgehead atoms. The Morgan fingerprint density at radius 3 is 2.22 bits per heavy atom. The van der Waals surface area contributed by atoms with Crippen molar-refractivity contribution in [3.63, 3.8) is 0 Å². The quantitative estimate of drug-likeness (QED) is 0.836. The Labute approximate surface area is 157 Å². The SMILES string of the molecule is N[C@@H](Cc1ccc(OC(=O)N2CCN(c3ccccc3)CC2)cc1)C(=O)O. The van der Waals surface area contributed by atoms with Gasteiger partial charge in [0, 0.05) is 31.9 Å². The van der Waals surface area contributed by atoms with Crippen molar-refractivity contribution in [3.05, 3.63) is 60.2 Å². The number of hydrogen-bond acceptors (Lipinski definition) is 5. The van der Waals surface area contributed by atoms with Gasteiger partial charge in [0.2, 0.25) is 0 Å². The van der Waals surface area contributed by atoms with Crippen molar-refractivity contribution in [2.24, 2.45) is 5.73 Å². The lowest BCUT2D eigenvalue weighted by Crippen LogP contribution is -2.49. The molecule has 3 rings (SSSR count). The van der Waals surface area contributed by atoms with E-state index < -0.39 is 12.0 Å². The predicted molar refractivity (Wildman–Crippen MR) is 102 cm³/mol. The molecule has 2 aromatic carbocycles. The van der Waals surface area contributed by atoms with Crippen molar-refractivity contribution in [1.82, 2.24) is 4.90 Å². The first kappa shape index (κ1) is 18.7. The molecule has 1 heterocycles. The number of anilines is 1. The van der Waals surface area contributed by atoms with Crippen LogP contribution in [0.5, 0.6) is 5.75 Å². The number of benzene rings is 2. The first-order chi connectivity index (χ1) is 13.0. The highest BCUT2D eigenvalue weighted by Crippen LogP contribution is 2.18. The highest BCUT2D eigenvalue weighted by molar-refractivity contribution is 5.73. The highest BCUT2D eigenvalue weighted by atomic mass is 16.6. The number of aliphatic carboxylic acids is 1. The van der Waals surface area contributed by atoms with Crippen LogP contribution in [0, 0.1) is 0 Å². The van der Waals surface area contributed by atoms with E-state index in [-0.39, 0.29) is 12.5 Å². The van der Waals surface area contributed by atoms with Crippen LogP contribution in [0.1, 0.15) is 5.56 Å². The third-order valence-electron chi connectivity index (χ3n) is 4.56. The first-order valence-corrected chi connectivity index (χ1v) is 8.87. The summed E-state index contributed by atoms with van der Waals surface area (Å²) in [6, 6.07) is 15.9. The van der Waals surface area contributed by atoms with Crippen molar-refractivity contribution < 1.29 is 19.4 Å². The molecule has 0 aliphatic carbocycles. The van der Waals surface area contributed by atoms with Crippen LogP contribution in [-0.2, 0) is 11.2 Å². The van der Waals surface area contributed by atoms with Crippen LogP contribution in [-0.4, -0.2) is 54.3 Å². The van der Waals surface area contributed by atoms with Gasteiger partial charge in [0.05, 0.1) is 0 Å². The summed E-state index contributed by atoms with van der Waals surface area (Å²) in [5, 5.41) is 8.85. The molecule has 3 N–H and O–H groups in total. The summed E-state index contributed by atoms with van der Waals surface area (Å²) in [5.41, 5.74) is 7.45. The lowest BCUT2D eigenvalue weighted by atomic mass is 10.1. The van der Waals surface area contributed by atoms with Crippen molar-refractivity contribution in [2.45, 2.75) is 12.5 Å². The van der Waals surface area contributed by atoms with Gasteiger partial charge in [0.15, 0.2) is 0 Å². The summed E-state index contributed by atoms with van der Waals surface area (Å²) < 4.78 is 5.42. The number of carbonyl (C=O) groups excluding carboxylic acids is 1. The molecule has 0 radical (unpaired) electrons. The lowest BCUT2D eigenvalue weighted by molar-refractivity contribution is -0.138. The lowest BCUT2D eigenvalue weighted by Gasteiger charge is -2.35. The molecular weight excluding hydrogens is 346 g/mol. The molecule has 1 aliphatic heterocycles. The van der Waals surface area contributed by atoms with Gasteiger partial charge in [-0.15, -0.1) is 0 Å². The Balaban J connectivity index is 1.50. The molecule has 142 valence electrons. The van der Waals surface area contributed by atoms with E-state index in [9.17, 15) is 9.59 Å². The number of amides is 1. The molecule has 7 heteroatoms. The number of carbonyl (C=O) groups is 2. The van der Waals surface area contributed by atoms with Gasteiger partial charge in [0.1, 0.15) is 11.8 Å². The molecule has 7 nitrogen and oxygen atoms in total. The van der Waals surface area contributed by atoms with Gasteiger partial charge in [-0.2, -0.15) is 0 Å². The Bertz CT molecular complexity index is 772. The summed E-state index contributed by atoms with van der Waals surface area (Å²) in [7, 11) is 0. The largest absolute Gasteiger partial charge is 0.480 e. The van der Waals surface area contributed by atoms with E-state index >= 15 is 0 Å². The molecule has 0 spiro atoms. The minimum absolute atomic E-state index is 0.227. The van der Waals surface area contributed by atoms with Gasteiger partial charge < -0.3 is 25.4 Å². The van der Waals surface area contributed by atoms with Crippen LogP contribution in [0.15, 0.2) is 54.6 Å². The zero-order chi connectivity index (χ0) is 19.2. The summed E-state index contributed by atoms with van der Waals surface area (Å²) >= 11 is 0. The third-order valence-corrected chi connectivity index (χ3v) is 4.56.